The molecular weight excluding hydrogens is 440 g/mol. The number of para-hydroxylation sites is 1. The number of aryl methyl sites for hydroxylation is 1. The van der Waals surface area contributed by atoms with E-state index in [1.165, 1.54) is 6.26 Å². The number of hydrogen-bond acceptors (Lipinski definition) is 7. The van der Waals surface area contributed by atoms with E-state index in [2.05, 4.69) is 15.3 Å². The predicted octanol–water partition coefficient (Wildman–Crippen LogP) is 2.68. The van der Waals surface area contributed by atoms with E-state index in [0.717, 1.165) is 28.8 Å². The molecule has 1 aliphatic heterocycles. The van der Waals surface area contributed by atoms with E-state index in [4.69, 9.17) is 4.74 Å². The maximum absolute atomic E-state index is 13.0. The highest BCUT2D eigenvalue weighted by atomic mass is 32.2. The van der Waals surface area contributed by atoms with Crippen LogP contribution in [0, 0.1) is 6.92 Å². The van der Waals surface area contributed by atoms with Crippen molar-refractivity contribution >= 4 is 32.6 Å². The quantitative estimate of drug-likeness (QED) is 0.569. The molecule has 2 aromatic carbocycles. The van der Waals surface area contributed by atoms with Crippen molar-refractivity contribution < 1.29 is 17.9 Å². The van der Waals surface area contributed by atoms with Gasteiger partial charge in [0.2, 0.25) is 11.9 Å². The smallest absolute Gasteiger partial charge is 0.242 e. The minimum absolute atomic E-state index is 0.0614. The molecule has 8 nitrogen and oxygen atoms in total. The normalized spacial score (nSPS) is 16.2. The van der Waals surface area contributed by atoms with Crippen LogP contribution >= 0.6 is 0 Å². The number of nitrogens with one attached hydrogen (secondary N) is 1. The molecule has 1 atom stereocenters. The maximum atomic E-state index is 13.0. The molecule has 0 spiro atoms. The van der Waals surface area contributed by atoms with Crippen LogP contribution in [0.5, 0.6) is 5.75 Å². The van der Waals surface area contributed by atoms with E-state index in [1.54, 1.807) is 25.3 Å². The first-order valence-corrected chi connectivity index (χ1v) is 12.8. The number of carbonyl (C=O) groups excluding carboxylic acids is 1. The van der Waals surface area contributed by atoms with E-state index < -0.39 is 9.84 Å². The lowest BCUT2D eigenvalue weighted by molar-refractivity contribution is -0.122. The number of hydrogen-bond donors (Lipinski definition) is 1. The molecule has 1 aromatic heterocycles. The van der Waals surface area contributed by atoms with E-state index in [-0.39, 0.29) is 16.8 Å². The topological polar surface area (TPSA) is 101 Å². The third-order valence-electron chi connectivity index (χ3n) is 5.97. The van der Waals surface area contributed by atoms with Gasteiger partial charge >= 0.3 is 0 Å². The summed E-state index contributed by atoms with van der Waals surface area (Å²) in [5, 5.41) is 3.83. The van der Waals surface area contributed by atoms with Crippen molar-refractivity contribution in [3.63, 3.8) is 0 Å². The maximum Gasteiger partial charge on any atom is 0.242 e. The van der Waals surface area contributed by atoms with Gasteiger partial charge in [-0.15, -0.1) is 0 Å². The molecule has 3 aromatic rings. The lowest BCUT2D eigenvalue weighted by atomic mass is 10.1. The molecule has 1 N–H and O–H groups in total. The Labute approximate surface area is 193 Å². The summed E-state index contributed by atoms with van der Waals surface area (Å²) in [5.41, 5.74) is 2.35. The minimum atomic E-state index is -3.35. The molecule has 174 valence electrons. The number of sulfone groups is 1. The summed E-state index contributed by atoms with van der Waals surface area (Å²) in [6.07, 6.45) is 3.41. The number of nitrogens with zero attached hydrogens (tertiary/aromatic N) is 3. The van der Waals surface area contributed by atoms with Gasteiger partial charge in [0.05, 0.1) is 23.2 Å². The fourth-order valence-corrected chi connectivity index (χ4v) is 4.88. The lowest BCUT2D eigenvalue weighted by Gasteiger charge is -2.24. The second-order valence-corrected chi connectivity index (χ2v) is 10.3. The predicted molar refractivity (Wildman–Crippen MR) is 127 cm³/mol. The van der Waals surface area contributed by atoms with Crippen molar-refractivity contribution in [1.82, 2.24) is 15.3 Å². The number of ether oxygens (including phenoxy) is 1. The Morgan fingerprint density at radius 3 is 2.76 bits per heavy atom. The summed E-state index contributed by atoms with van der Waals surface area (Å²) in [6.45, 7) is 3.03. The molecule has 9 heteroatoms. The van der Waals surface area contributed by atoms with Crippen molar-refractivity contribution in [1.29, 1.82) is 0 Å². The van der Waals surface area contributed by atoms with Gasteiger partial charge in [0.15, 0.2) is 9.84 Å². The van der Waals surface area contributed by atoms with Gasteiger partial charge in [0.1, 0.15) is 11.8 Å². The van der Waals surface area contributed by atoms with Gasteiger partial charge in [-0.05, 0) is 56.0 Å². The Hall–Kier alpha value is -3.20. The molecule has 0 aliphatic carbocycles. The Balaban J connectivity index is 1.52. The molecule has 1 aliphatic rings. The van der Waals surface area contributed by atoms with Crippen molar-refractivity contribution in [2.75, 3.05) is 31.4 Å². The van der Waals surface area contributed by atoms with Gasteiger partial charge in [-0.1, -0.05) is 18.2 Å². The zero-order valence-corrected chi connectivity index (χ0v) is 19.9. The summed E-state index contributed by atoms with van der Waals surface area (Å²) in [7, 11) is -1.71. The number of fused-ring (bicyclic) bond motifs is 1. The Morgan fingerprint density at radius 1 is 1.21 bits per heavy atom. The highest BCUT2D eigenvalue weighted by molar-refractivity contribution is 7.90. The van der Waals surface area contributed by atoms with Crippen LogP contribution in [0.3, 0.4) is 0 Å². The van der Waals surface area contributed by atoms with Gasteiger partial charge < -0.3 is 15.0 Å². The Kier molecular flexibility index (Phi) is 6.51. The Bertz CT molecular complexity index is 1290. The standard InChI is InChI=1S/C24H28N4O4S/c1-16-19-11-10-18(33(3,30)31)15-20(19)27-24(26-16)28-14-6-8-21(28)23(29)25-13-12-17-7-4-5-9-22(17)32-2/h4-5,7,9-11,15,21H,6,8,12-14H2,1-3H3,(H,25,29)/t21-/m1/s1. The highest BCUT2D eigenvalue weighted by Gasteiger charge is 2.32. The minimum Gasteiger partial charge on any atom is -0.496 e. The van der Waals surface area contributed by atoms with Crippen LogP contribution < -0.4 is 15.0 Å². The van der Waals surface area contributed by atoms with Crippen molar-refractivity contribution in [3.05, 3.63) is 53.7 Å². The molecule has 0 radical (unpaired) electrons. The van der Waals surface area contributed by atoms with Crippen LogP contribution in [0.4, 0.5) is 5.95 Å². The van der Waals surface area contributed by atoms with Gasteiger partial charge in [0.25, 0.3) is 0 Å². The number of aromatic nitrogens is 2. The SMILES string of the molecule is COc1ccccc1CCNC(=O)[C@H]1CCCN1c1nc(C)c2ccc(S(C)(=O)=O)cc2n1. The fraction of sp³-hybridized carbons (Fsp3) is 0.375. The Morgan fingerprint density at radius 2 is 2.00 bits per heavy atom. The van der Waals surface area contributed by atoms with Gasteiger partial charge in [-0.2, -0.15) is 0 Å². The number of amides is 1. The van der Waals surface area contributed by atoms with Crippen molar-refractivity contribution in [3.8, 4) is 5.75 Å². The molecule has 0 saturated carbocycles. The van der Waals surface area contributed by atoms with Crippen LogP contribution in [0.15, 0.2) is 47.4 Å². The van der Waals surface area contributed by atoms with Crippen molar-refractivity contribution in [2.45, 2.75) is 37.1 Å². The summed E-state index contributed by atoms with van der Waals surface area (Å²) < 4.78 is 29.3. The van der Waals surface area contributed by atoms with Crippen molar-refractivity contribution in [2.24, 2.45) is 0 Å². The third-order valence-corrected chi connectivity index (χ3v) is 7.08. The van der Waals surface area contributed by atoms with Crippen LogP contribution in [0.2, 0.25) is 0 Å². The summed E-state index contributed by atoms with van der Waals surface area (Å²) in [5.74, 6) is 1.20. The van der Waals surface area contributed by atoms with Crippen LogP contribution in [-0.2, 0) is 21.1 Å². The fourth-order valence-electron chi connectivity index (χ4n) is 4.24. The number of anilines is 1. The van der Waals surface area contributed by atoms with E-state index in [0.29, 0.717) is 37.4 Å². The first-order chi connectivity index (χ1) is 15.8. The molecule has 1 fully saturated rings. The van der Waals surface area contributed by atoms with E-state index in [9.17, 15) is 13.2 Å². The molecule has 1 amide bonds. The number of benzene rings is 2. The molecule has 33 heavy (non-hydrogen) atoms. The second-order valence-electron chi connectivity index (χ2n) is 8.26. The highest BCUT2D eigenvalue weighted by Crippen LogP contribution is 2.27. The van der Waals surface area contributed by atoms with Crippen LogP contribution in [0.25, 0.3) is 10.9 Å². The number of rotatable bonds is 7. The lowest BCUT2D eigenvalue weighted by Crippen LogP contribution is -2.44. The third kappa shape index (κ3) is 4.93. The largest absolute Gasteiger partial charge is 0.496 e. The molecule has 0 bridgehead atoms. The monoisotopic (exact) mass is 468 g/mol. The molecule has 4 rings (SSSR count). The molecule has 1 saturated heterocycles. The zero-order chi connectivity index (χ0) is 23.6. The van der Waals surface area contributed by atoms with Gasteiger partial charge in [0, 0.05) is 24.7 Å². The van der Waals surface area contributed by atoms with Crippen LogP contribution in [0.1, 0.15) is 24.1 Å². The number of methoxy groups -OCH3 is 1. The second kappa shape index (κ2) is 9.35. The number of carbonyl (C=O) groups is 1. The average Bonchev–Trinajstić information content (AvgIpc) is 3.28. The van der Waals surface area contributed by atoms with E-state index >= 15 is 0 Å². The van der Waals surface area contributed by atoms with Crippen LogP contribution in [-0.4, -0.2) is 56.8 Å². The molecule has 0 unspecified atom stereocenters. The average molecular weight is 469 g/mol. The molecular formula is C24H28N4O4S. The zero-order valence-electron chi connectivity index (χ0n) is 19.0. The molecule has 2 heterocycles. The van der Waals surface area contributed by atoms with Gasteiger partial charge in [-0.3, -0.25) is 4.79 Å². The summed E-state index contributed by atoms with van der Waals surface area (Å²) in [6, 6.07) is 12.3. The first-order valence-electron chi connectivity index (χ1n) is 10.9. The van der Waals surface area contributed by atoms with E-state index in [1.807, 2.05) is 36.1 Å². The van der Waals surface area contributed by atoms with Gasteiger partial charge in [-0.25, -0.2) is 18.4 Å². The first kappa shape index (κ1) is 23.0. The summed E-state index contributed by atoms with van der Waals surface area (Å²) in [4.78, 5) is 24.4. The summed E-state index contributed by atoms with van der Waals surface area (Å²) >= 11 is 0.